The third kappa shape index (κ3) is 7.24. The van der Waals surface area contributed by atoms with Crippen LogP contribution in [0.1, 0.15) is 106 Å². The Kier molecular flexibility index (Phi) is 11.4. The Balaban J connectivity index is 0.00000151. The minimum absolute atomic E-state index is 0.754. The molecule has 0 heterocycles. The molecule has 25 heavy (non-hydrogen) atoms. The van der Waals surface area contributed by atoms with Gasteiger partial charge in [0.15, 0.2) is 0 Å². The standard InChI is InChI=1S/C22H43N.C2H6/c1-6-21-18(4)14-19(9-7-8-10-22(21)23-5)15-20-12-11-16(2)17(3)13-20;1-2/h16-23H,6-15H2,1-5H3;1-2H3. The highest BCUT2D eigenvalue weighted by atomic mass is 14.9. The van der Waals surface area contributed by atoms with Crippen molar-refractivity contribution in [3.8, 4) is 0 Å². The second kappa shape index (κ2) is 12.4. The Morgan fingerprint density at radius 1 is 0.760 bits per heavy atom. The lowest BCUT2D eigenvalue weighted by Crippen LogP contribution is -2.37. The number of rotatable bonds is 4. The first-order chi connectivity index (χ1) is 12.0. The fourth-order valence-electron chi connectivity index (χ4n) is 5.83. The van der Waals surface area contributed by atoms with Gasteiger partial charge < -0.3 is 5.32 Å². The van der Waals surface area contributed by atoms with Crippen molar-refractivity contribution in [2.45, 2.75) is 112 Å². The predicted octanol–water partition coefficient (Wildman–Crippen LogP) is 7.31. The molecule has 0 amide bonds. The molecule has 2 fully saturated rings. The Bertz CT molecular complexity index is 326. The Morgan fingerprint density at radius 2 is 1.36 bits per heavy atom. The van der Waals surface area contributed by atoms with E-state index in [9.17, 15) is 0 Å². The van der Waals surface area contributed by atoms with Crippen LogP contribution in [0, 0.1) is 35.5 Å². The zero-order valence-corrected chi connectivity index (χ0v) is 18.6. The van der Waals surface area contributed by atoms with Crippen LogP contribution in [-0.2, 0) is 0 Å². The third-order valence-electron chi connectivity index (χ3n) is 7.55. The molecule has 2 aliphatic rings. The molecule has 0 bridgehead atoms. The van der Waals surface area contributed by atoms with E-state index in [1.54, 1.807) is 0 Å². The van der Waals surface area contributed by atoms with Gasteiger partial charge in [-0.2, -0.15) is 0 Å². The summed E-state index contributed by atoms with van der Waals surface area (Å²) in [6.45, 7) is 13.9. The molecule has 0 aromatic carbocycles. The number of hydrogen-bond donors (Lipinski definition) is 1. The van der Waals surface area contributed by atoms with Gasteiger partial charge in [-0.25, -0.2) is 0 Å². The Hall–Kier alpha value is -0.0400. The zero-order valence-electron chi connectivity index (χ0n) is 18.6. The molecule has 0 aromatic heterocycles. The number of hydrogen-bond acceptors (Lipinski definition) is 1. The summed E-state index contributed by atoms with van der Waals surface area (Å²) >= 11 is 0. The van der Waals surface area contributed by atoms with E-state index in [2.05, 4.69) is 40.1 Å². The van der Waals surface area contributed by atoms with E-state index in [4.69, 9.17) is 0 Å². The molecule has 7 atom stereocenters. The molecular weight excluding hydrogens is 302 g/mol. The number of nitrogens with one attached hydrogen (secondary N) is 1. The lowest BCUT2D eigenvalue weighted by atomic mass is 9.71. The maximum atomic E-state index is 3.64. The monoisotopic (exact) mass is 351 g/mol. The van der Waals surface area contributed by atoms with Gasteiger partial charge in [0.1, 0.15) is 0 Å². The Labute approximate surface area is 160 Å². The van der Waals surface area contributed by atoms with E-state index in [1.807, 2.05) is 13.8 Å². The van der Waals surface area contributed by atoms with Gasteiger partial charge in [-0.1, -0.05) is 80.1 Å². The molecule has 0 spiro atoms. The summed E-state index contributed by atoms with van der Waals surface area (Å²) < 4.78 is 0. The molecule has 0 saturated heterocycles. The fourth-order valence-corrected chi connectivity index (χ4v) is 5.83. The van der Waals surface area contributed by atoms with E-state index in [0.717, 1.165) is 41.5 Å². The molecular formula is C24H49N. The predicted molar refractivity (Wildman–Crippen MR) is 114 cm³/mol. The average molecular weight is 352 g/mol. The largest absolute Gasteiger partial charge is 0.317 e. The van der Waals surface area contributed by atoms with Crippen LogP contribution in [0.25, 0.3) is 0 Å². The van der Waals surface area contributed by atoms with E-state index in [-0.39, 0.29) is 0 Å². The summed E-state index contributed by atoms with van der Waals surface area (Å²) in [5.74, 6) is 5.72. The zero-order chi connectivity index (χ0) is 18.8. The molecule has 7 unspecified atom stereocenters. The van der Waals surface area contributed by atoms with Gasteiger partial charge >= 0.3 is 0 Å². The summed E-state index contributed by atoms with van der Waals surface area (Å²) in [5.41, 5.74) is 0. The molecule has 150 valence electrons. The minimum Gasteiger partial charge on any atom is -0.317 e. The van der Waals surface area contributed by atoms with Crippen LogP contribution >= 0.6 is 0 Å². The van der Waals surface area contributed by atoms with Gasteiger partial charge in [0.25, 0.3) is 0 Å². The van der Waals surface area contributed by atoms with Crippen LogP contribution in [0.5, 0.6) is 0 Å². The lowest BCUT2D eigenvalue weighted by Gasteiger charge is -2.36. The summed E-state index contributed by atoms with van der Waals surface area (Å²) in [6, 6.07) is 0.754. The molecule has 1 N–H and O–H groups in total. The average Bonchev–Trinajstić information content (AvgIpc) is 2.68. The Morgan fingerprint density at radius 3 is 1.96 bits per heavy atom. The van der Waals surface area contributed by atoms with E-state index in [1.165, 1.54) is 64.2 Å². The molecule has 2 saturated carbocycles. The smallest absolute Gasteiger partial charge is 0.00947 e. The summed E-state index contributed by atoms with van der Waals surface area (Å²) in [4.78, 5) is 0. The lowest BCUT2D eigenvalue weighted by molar-refractivity contribution is 0.160. The second-order valence-electron chi connectivity index (χ2n) is 9.20. The van der Waals surface area contributed by atoms with Crippen LogP contribution in [0.15, 0.2) is 0 Å². The van der Waals surface area contributed by atoms with E-state index in [0.29, 0.717) is 0 Å². The van der Waals surface area contributed by atoms with E-state index >= 15 is 0 Å². The van der Waals surface area contributed by atoms with Gasteiger partial charge in [-0.05, 0) is 68.2 Å². The van der Waals surface area contributed by atoms with Gasteiger partial charge in [-0.15, -0.1) is 0 Å². The van der Waals surface area contributed by atoms with Crippen molar-refractivity contribution in [3.63, 3.8) is 0 Å². The molecule has 2 rings (SSSR count). The van der Waals surface area contributed by atoms with Crippen LogP contribution in [-0.4, -0.2) is 13.1 Å². The van der Waals surface area contributed by atoms with Crippen molar-refractivity contribution in [1.82, 2.24) is 5.32 Å². The first kappa shape index (κ1) is 23.0. The van der Waals surface area contributed by atoms with Crippen molar-refractivity contribution in [2.75, 3.05) is 7.05 Å². The molecule has 2 aliphatic carbocycles. The summed E-state index contributed by atoms with van der Waals surface area (Å²) in [5, 5.41) is 3.64. The first-order valence-electron chi connectivity index (χ1n) is 11.7. The summed E-state index contributed by atoms with van der Waals surface area (Å²) in [6.07, 6.45) is 14.6. The van der Waals surface area contributed by atoms with Crippen molar-refractivity contribution in [3.05, 3.63) is 0 Å². The fraction of sp³-hybridized carbons (Fsp3) is 1.00. The molecule has 1 nitrogen and oxygen atoms in total. The van der Waals surface area contributed by atoms with Gasteiger partial charge in [-0.3, -0.25) is 0 Å². The van der Waals surface area contributed by atoms with Crippen molar-refractivity contribution >= 4 is 0 Å². The molecule has 0 aromatic rings. The van der Waals surface area contributed by atoms with Gasteiger partial charge in [0.05, 0.1) is 0 Å². The quantitative estimate of drug-likeness (QED) is 0.560. The van der Waals surface area contributed by atoms with Crippen LogP contribution < -0.4 is 5.32 Å². The van der Waals surface area contributed by atoms with Crippen LogP contribution in [0.4, 0.5) is 0 Å². The first-order valence-corrected chi connectivity index (χ1v) is 11.7. The van der Waals surface area contributed by atoms with E-state index < -0.39 is 0 Å². The second-order valence-corrected chi connectivity index (χ2v) is 9.20. The highest BCUT2D eigenvalue weighted by molar-refractivity contribution is 4.84. The maximum absolute atomic E-state index is 3.64. The van der Waals surface area contributed by atoms with Crippen LogP contribution in [0.3, 0.4) is 0 Å². The van der Waals surface area contributed by atoms with Gasteiger partial charge in [0, 0.05) is 6.04 Å². The van der Waals surface area contributed by atoms with Crippen molar-refractivity contribution < 1.29 is 0 Å². The van der Waals surface area contributed by atoms with Crippen molar-refractivity contribution in [1.29, 1.82) is 0 Å². The molecule has 0 aliphatic heterocycles. The summed E-state index contributed by atoms with van der Waals surface area (Å²) in [7, 11) is 2.18. The highest BCUT2D eigenvalue weighted by Gasteiger charge is 2.30. The maximum Gasteiger partial charge on any atom is 0.00947 e. The third-order valence-corrected chi connectivity index (χ3v) is 7.55. The van der Waals surface area contributed by atoms with Crippen molar-refractivity contribution in [2.24, 2.45) is 35.5 Å². The molecule has 1 heteroatoms. The molecule has 0 radical (unpaired) electrons. The van der Waals surface area contributed by atoms with Crippen LogP contribution in [0.2, 0.25) is 0 Å². The van der Waals surface area contributed by atoms with Gasteiger partial charge in [0.2, 0.25) is 0 Å². The highest BCUT2D eigenvalue weighted by Crippen LogP contribution is 2.40. The minimum atomic E-state index is 0.754. The topological polar surface area (TPSA) is 12.0 Å². The normalized spacial score (nSPS) is 40.2. The SMILES string of the molecule is CC.CCC1C(C)CC(CC2CCC(C)C(C)C2)CCCCC1NC.